The zero-order valence-electron chi connectivity index (χ0n) is 15.5. The molecule has 2 atom stereocenters. The second kappa shape index (κ2) is 10.1. The molecular formula is C19H31N3O2. The number of carbonyl (C=O) groups is 2. The summed E-state index contributed by atoms with van der Waals surface area (Å²) in [5.41, 5.74) is 2.52. The van der Waals surface area contributed by atoms with Gasteiger partial charge in [0, 0.05) is 13.1 Å². The van der Waals surface area contributed by atoms with Crippen molar-refractivity contribution in [3.63, 3.8) is 0 Å². The quantitative estimate of drug-likeness (QED) is 0.650. The number of likely N-dealkylation sites (N-methyl/N-ethyl adjacent to an activating group) is 1. The summed E-state index contributed by atoms with van der Waals surface area (Å²) in [7, 11) is 1.55. The highest BCUT2D eigenvalue weighted by Gasteiger charge is 2.17. The molecule has 134 valence electrons. The summed E-state index contributed by atoms with van der Waals surface area (Å²) in [6.45, 7) is 8.86. The lowest BCUT2D eigenvalue weighted by atomic mass is 9.92. The molecule has 0 aliphatic heterocycles. The molecular weight excluding hydrogens is 302 g/mol. The molecule has 0 saturated heterocycles. The molecule has 5 nitrogen and oxygen atoms in total. The van der Waals surface area contributed by atoms with Crippen molar-refractivity contribution < 1.29 is 9.59 Å². The number of benzene rings is 1. The minimum Gasteiger partial charge on any atom is -0.358 e. The molecule has 24 heavy (non-hydrogen) atoms. The van der Waals surface area contributed by atoms with Crippen molar-refractivity contribution in [3.8, 4) is 0 Å². The van der Waals surface area contributed by atoms with Crippen molar-refractivity contribution >= 4 is 11.8 Å². The van der Waals surface area contributed by atoms with E-state index in [1.807, 2.05) is 0 Å². The van der Waals surface area contributed by atoms with Gasteiger partial charge in [-0.25, -0.2) is 0 Å². The number of rotatable bonds is 9. The van der Waals surface area contributed by atoms with Gasteiger partial charge in [-0.15, -0.1) is 0 Å². The van der Waals surface area contributed by atoms with E-state index in [0.29, 0.717) is 11.8 Å². The minimum absolute atomic E-state index is 0.00691. The van der Waals surface area contributed by atoms with E-state index >= 15 is 0 Å². The first-order chi connectivity index (χ1) is 11.4. The van der Waals surface area contributed by atoms with Gasteiger partial charge in [0.1, 0.15) is 0 Å². The van der Waals surface area contributed by atoms with E-state index < -0.39 is 0 Å². The second-order valence-corrected chi connectivity index (χ2v) is 6.53. The molecule has 1 aromatic carbocycles. The van der Waals surface area contributed by atoms with Gasteiger partial charge in [-0.1, -0.05) is 52.0 Å². The highest BCUT2D eigenvalue weighted by Crippen LogP contribution is 2.25. The molecule has 0 radical (unpaired) electrons. The van der Waals surface area contributed by atoms with Gasteiger partial charge < -0.3 is 16.0 Å². The van der Waals surface area contributed by atoms with Crippen LogP contribution in [0.3, 0.4) is 0 Å². The maximum Gasteiger partial charge on any atom is 0.239 e. The van der Waals surface area contributed by atoms with E-state index in [-0.39, 0.29) is 30.9 Å². The Morgan fingerprint density at radius 1 is 0.958 bits per heavy atom. The van der Waals surface area contributed by atoms with Gasteiger partial charge in [0.05, 0.1) is 13.1 Å². The van der Waals surface area contributed by atoms with Gasteiger partial charge in [0.2, 0.25) is 11.8 Å². The summed E-state index contributed by atoms with van der Waals surface area (Å²) in [4.78, 5) is 23.0. The maximum atomic E-state index is 11.9. The van der Waals surface area contributed by atoms with Gasteiger partial charge in [0.25, 0.3) is 0 Å². The fourth-order valence-corrected chi connectivity index (χ4v) is 2.54. The van der Waals surface area contributed by atoms with E-state index in [1.54, 1.807) is 7.05 Å². The van der Waals surface area contributed by atoms with Crippen molar-refractivity contribution in [3.05, 3.63) is 35.4 Å². The van der Waals surface area contributed by atoms with Crippen molar-refractivity contribution in [1.29, 1.82) is 0 Å². The molecule has 0 aliphatic rings. The van der Waals surface area contributed by atoms with E-state index in [1.165, 1.54) is 11.1 Å². The summed E-state index contributed by atoms with van der Waals surface area (Å²) >= 11 is 0. The van der Waals surface area contributed by atoms with Crippen LogP contribution >= 0.6 is 0 Å². The van der Waals surface area contributed by atoms with Gasteiger partial charge in [-0.2, -0.15) is 0 Å². The fraction of sp³-hybridized carbons (Fsp3) is 0.579. The molecule has 3 N–H and O–H groups in total. The molecule has 0 spiro atoms. The molecule has 0 aromatic heterocycles. The Morgan fingerprint density at radius 2 is 1.54 bits per heavy atom. The number of hydrogen-bond donors (Lipinski definition) is 3. The third-order valence-corrected chi connectivity index (χ3v) is 4.35. The van der Waals surface area contributed by atoms with Crippen LogP contribution in [0.15, 0.2) is 24.3 Å². The molecule has 1 rings (SSSR count). The van der Waals surface area contributed by atoms with Crippen LogP contribution in [0, 0.1) is 5.92 Å². The van der Waals surface area contributed by atoms with Crippen LogP contribution in [0.2, 0.25) is 0 Å². The SMILES string of the molecule is CC[C@H](C)c1ccc([C@H](NCC(=O)NCC(=O)NC)C(C)C)cc1. The Morgan fingerprint density at radius 3 is 2.04 bits per heavy atom. The Hall–Kier alpha value is -1.88. The monoisotopic (exact) mass is 333 g/mol. The van der Waals surface area contributed by atoms with Crippen molar-refractivity contribution in [2.24, 2.45) is 5.92 Å². The standard InChI is InChI=1S/C19H31N3O2/c1-6-14(4)15-7-9-16(10-8-15)19(13(2)3)22-12-18(24)21-11-17(23)20-5/h7-10,13-14,19,22H,6,11-12H2,1-5H3,(H,20,23)(H,21,24)/t14-,19+/m0/s1. The number of amides is 2. The van der Waals surface area contributed by atoms with Gasteiger partial charge >= 0.3 is 0 Å². The smallest absolute Gasteiger partial charge is 0.239 e. The molecule has 0 heterocycles. The van der Waals surface area contributed by atoms with Crippen molar-refractivity contribution in [1.82, 2.24) is 16.0 Å². The Balaban J connectivity index is 2.64. The highest BCUT2D eigenvalue weighted by molar-refractivity contribution is 5.85. The van der Waals surface area contributed by atoms with E-state index in [0.717, 1.165) is 6.42 Å². The van der Waals surface area contributed by atoms with Crippen LogP contribution in [-0.4, -0.2) is 32.0 Å². The first-order valence-electron chi connectivity index (χ1n) is 8.69. The van der Waals surface area contributed by atoms with Crippen LogP contribution in [0.4, 0.5) is 0 Å². The third-order valence-electron chi connectivity index (χ3n) is 4.35. The lowest BCUT2D eigenvalue weighted by molar-refractivity contribution is -0.125. The number of nitrogens with one attached hydrogen (secondary N) is 3. The predicted octanol–water partition coefficient (Wildman–Crippen LogP) is 2.35. The molecule has 5 heteroatoms. The summed E-state index contributed by atoms with van der Waals surface area (Å²) in [6, 6.07) is 8.73. The largest absolute Gasteiger partial charge is 0.358 e. The zero-order chi connectivity index (χ0) is 18.1. The first kappa shape index (κ1) is 20.2. The van der Waals surface area contributed by atoms with Crippen molar-refractivity contribution in [2.75, 3.05) is 20.1 Å². The van der Waals surface area contributed by atoms with Crippen LogP contribution < -0.4 is 16.0 Å². The molecule has 0 fully saturated rings. The van der Waals surface area contributed by atoms with Gasteiger partial charge in [-0.3, -0.25) is 9.59 Å². The lowest BCUT2D eigenvalue weighted by Crippen LogP contribution is -2.41. The average Bonchev–Trinajstić information content (AvgIpc) is 2.59. The van der Waals surface area contributed by atoms with Crippen LogP contribution in [-0.2, 0) is 9.59 Å². The number of carbonyl (C=O) groups excluding carboxylic acids is 2. The van der Waals surface area contributed by atoms with Crippen LogP contribution in [0.25, 0.3) is 0 Å². The van der Waals surface area contributed by atoms with Gasteiger partial charge in [0.15, 0.2) is 0 Å². The average molecular weight is 333 g/mol. The molecule has 0 aliphatic carbocycles. The Bertz CT molecular complexity index is 526. The first-order valence-corrected chi connectivity index (χ1v) is 8.69. The molecule has 2 amide bonds. The van der Waals surface area contributed by atoms with Gasteiger partial charge in [-0.05, 0) is 29.4 Å². The Kier molecular flexibility index (Phi) is 8.47. The topological polar surface area (TPSA) is 70.2 Å². The third kappa shape index (κ3) is 6.32. The summed E-state index contributed by atoms with van der Waals surface area (Å²) in [5.74, 6) is 0.524. The predicted molar refractivity (Wildman–Crippen MR) is 97.8 cm³/mol. The summed E-state index contributed by atoms with van der Waals surface area (Å²) < 4.78 is 0. The van der Waals surface area contributed by atoms with E-state index in [4.69, 9.17) is 0 Å². The van der Waals surface area contributed by atoms with Crippen molar-refractivity contribution in [2.45, 2.75) is 46.1 Å². The summed E-state index contributed by atoms with van der Waals surface area (Å²) in [5, 5.41) is 8.37. The molecule has 0 saturated carbocycles. The molecule has 0 unspecified atom stereocenters. The van der Waals surface area contributed by atoms with E-state index in [2.05, 4.69) is 67.9 Å². The Labute approximate surface area is 145 Å². The molecule has 1 aromatic rings. The summed E-state index contributed by atoms with van der Waals surface area (Å²) in [6.07, 6.45) is 1.12. The minimum atomic E-state index is -0.204. The zero-order valence-corrected chi connectivity index (χ0v) is 15.5. The maximum absolute atomic E-state index is 11.9. The lowest BCUT2D eigenvalue weighted by Gasteiger charge is -2.23. The number of hydrogen-bond acceptors (Lipinski definition) is 3. The van der Waals surface area contributed by atoms with Crippen LogP contribution in [0.1, 0.15) is 57.2 Å². The van der Waals surface area contributed by atoms with E-state index in [9.17, 15) is 9.59 Å². The fourth-order valence-electron chi connectivity index (χ4n) is 2.54. The normalized spacial score (nSPS) is 13.4. The molecule has 0 bridgehead atoms. The highest BCUT2D eigenvalue weighted by atomic mass is 16.2. The van der Waals surface area contributed by atoms with Crippen LogP contribution in [0.5, 0.6) is 0 Å². The second-order valence-electron chi connectivity index (χ2n) is 6.53.